The molecule has 2 aliphatic heterocycles. The van der Waals surface area contributed by atoms with Gasteiger partial charge in [0.15, 0.2) is 0 Å². The SMILES string of the molecule is C1=COSN=C1.C1=COSN=C1. The Morgan fingerprint density at radius 1 is 0.833 bits per heavy atom. The summed E-state index contributed by atoms with van der Waals surface area (Å²) in [6.45, 7) is 0. The minimum atomic E-state index is 1.08. The van der Waals surface area contributed by atoms with Crippen molar-refractivity contribution in [2.24, 2.45) is 8.80 Å². The van der Waals surface area contributed by atoms with Crippen molar-refractivity contribution in [1.82, 2.24) is 0 Å². The molecule has 2 aliphatic rings. The molecule has 0 radical (unpaired) electrons. The van der Waals surface area contributed by atoms with Crippen LogP contribution in [0.4, 0.5) is 0 Å². The van der Waals surface area contributed by atoms with Crippen LogP contribution < -0.4 is 0 Å². The number of nitrogens with zero attached hydrogens (tertiary/aromatic N) is 2. The van der Waals surface area contributed by atoms with Gasteiger partial charge >= 0.3 is 0 Å². The summed E-state index contributed by atoms with van der Waals surface area (Å²) in [5.41, 5.74) is 0. The summed E-state index contributed by atoms with van der Waals surface area (Å²) >= 11 is 2.16. The highest BCUT2D eigenvalue weighted by molar-refractivity contribution is 7.93. The number of rotatable bonds is 0. The Bertz CT molecular complexity index is 178. The molecule has 0 spiro atoms. The average Bonchev–Trinajstić information content (AvgIpc) is 2.24. The van der Waals surface area contributed by atoms with E-state index in [1.165, 1.54) is 0 Å². The van der Waals surface area contributed by atoms with E-state index in [9.17, 15) is 0 Å². The fraction of sp³-hybridized carbons (Fsp3) is 0. The maximum Gasteiger partial charge on any atom is 0.200 e. The van der Waals surface area contributed by atoms with Crippen LogP contribution in [-0.4, -0.2) is 12.4 Å². The Kier molecular flexibility index (Phi) is 5.22. The van der Waals surface area contributed by atoms with E-state index in [0.29, 0.717) is 0 Å². The molecule has 0 aromatic carbocycles. The third-order valence-electron chi connectivity index (χ3n) is 0.734. The Hall–Kier alpha value is -0.880. The minimum absolute atomic E-state index is 1.08. The molecule has 0 unspecified atom stereocenters. The second-order valence-corrected chi connectivity index (χ2v) is 2.61. The van der Waals surface area contributed by atoms with Crippen molar-refractivity contribution in [3.05, 3.63) is 24.7 Å². The standard InChI is InChI=1S/2C3H3NOS/c2*1-2-4-6-5-3-1/h2*1-3H. The zero-order valence-corrected chi connectivity index (χ0v) is 7.62. The molecule has 0 atom stereocenters. The molecular formula is C6H6N2O2S2. The van der Waals surface area contributed by atoms with Gasteiger partial charge in [-0.15, -0.1) is 0 Å². The molecule has 4 nitrogen and oxygen atoms in total. The van der Waals surface area contributed by atoms with E-state index in [4.69, 9.17) is 0 Å². The highest BCUT2D eigenvalue weighted by atomic mass is 32.2. The van der Waals surface area contributed by atoms with E-state index in [0.717, 1.165) is 24.5 Å². The lowest BCUT2D eigenvalue weighted by Crippen LogP contribution is -1.70. The van der Waals surface area contributed by atoms with E-state index in [1.54, 1.807) is 37.1 Å². The smallest absolute Gasteiger partial charge is 0.200 e. The number of allylic oxidation sites excluding steroid dienone is 2. The van der Waals surface area contributed by atoms with E-state index in [1.807, 2.05) is 0 Å². The first-order valence-corrected chi connectivity index (χ1v) is 4.42. The zero-order valence-electron chi connectivity index (χ0n) is 5.99. The van der Waals surface area contributed by atoms with Crippen molar-refractivity contribution in [2.75, 3.05) is 0 Å². The molecule has 0 saturated carbocycles. The first-order valence-electron chi connectivity index (χ1n) is 3.02. The van der Waals surface area contributed by atoms with Gasteiger partial charge in [0.25, 0.3) is 0 Å². The van der Waals surface area contributed by atoms with Gasteiger partial charge < -0.3 is 8.37 Å². The van der Waals surface area contributed by atoms with Crippen LogP contribution in [0.5, 0.6) is 0 Å². The normalized spacial score (nSPS) is 17.3. The van der Waals surface area contributed by atoms with Gasteiger partial charge in [0.05, 0.1) is 0 Å². The van der Waals surface area contributed by atoms with Gasteiger partial charge in [0.1, 0.15) is 12.5 Å². The fourth-order valence-corrected chi connectivity index (χ4v) is 0.921. The fourth-order valence-electron chi connectivity index (χ4n) is 0.354. The van der Waals surface area contributed by atoms with Gasteiger partial charge in [0.2, 0.25) is 24.5 Å². The predicted molar refractivity (Wildman–Crippen MR) is 52.6 cm³/mol. The Morgan fingerprint density at radius 3 is 1.42 bits per heavy atom. The van der Waals surface area contributed by atoms with Crippen LogP contribution in [-0.2, 0) is 8.37 Å². The van der Waals surface area contributed by atoms with Crippen LogP contribution in [0.2, 0.25) is 0 Å². The van der Waals surface area contributed by atoms with Crippen LogP contribution in [0.1, 0.15) is 0 Å². The Labute approximate surface area is 79.1 Å². The van der Waals surface area contributed by atoms with Crippen molar-refractivity contribution >= 4 is 36.9 Å². The lowest BCUT2D eigenvalue weighted by molar-refractivity contribution is 0.565. The highest BCUT2D eigenvalue weighted by Crippen LogP contribution is 2.06. The first kappa shape index (κ1) is 9.21. The molecule has 0 aromatic heterocycles. The Balaban J connectivity index is 0.000000120. The second kappa shape index (κ2) is 6.81. The van der Waals surface area contributed by atoms with Gasteiger partial charge in [-0.1, -0.05) is 0 Å². The largest absolute Gasteiger partial charge is 0.412 e. The van der Waals surface area contributed by atoms with Gasteiger partial charge in [-0.3, -0.25) is 0 Å². The molecule has 0 N–H and O–H groups in total. The van der Waals surface area contributed by atoms with E-state index in [2.05, 4.69) is 17.2 Å². The maximum absolute atomic E-state index is 4.61. The quantitative estimate of drug-likeness (QED) is 0.446. The molecule has 2 heterocycles. The van der Waals surface area contributed by atoms with Crippen molar-refractivity contribution in [3.63, 3.8) is 0 Å². The first-order chi connectivity index (χ1) is 6.00. The molecule has 64 valence electrons. The summed E-state index contributed by atoms with van der Waals surface area (Å²) in [5, 5.41) is 0. The van der Waals surface area contributed by atoms with Gasteiger partial charge in [-0.2, -0.15) is 8.80 Å². The van der Waals surface area contributed by atoms with E-state index in [-0.39, 0.29) is 0 Å². The summed E-state index contributed by atoms with van der Waals surface area (Å²) < 4.78 is 16.5. The van der Waals surface area contributed by atoms with Gasteiger partial charge in [-0.05, 0) is 12.2 Å². The van der Waals surface area contributed by atoms with Crippen molar-refractivity contribution < 1.29 is 8.37 Å². The summed E-state index contributed by atoms with van der Waals surface area (Å²) in [6, 6.07) is 0. The summed E-state index contributed by atoms with van der Waals surface area (Å²) in [6.07, 6.45) is 9.98. The summed E-state index contributed by atoms with van der Waals surface area (Å²) in [5.74, 6) is 0. The molecule has 0 saturated heterocycles. The lowest BCUT2D eigenvalue weighted by atomic mass is 10.7. The monoisotopic (exact) mass is 202 g/mol. The summed E-state index contributed by atoms with van der Waals surface area (Å²) in [4.78, 5) is 0. The third kappa shape index (κ3) is 4.86. The molecule has 6 heteroatoms. The Morgan fingerprint density at radius 2 is 1.33 bits per heavy atom. The molecule has 0 bridgehead atoms. The molecular weight excluding hydrogens is 196 g/mol. The van der Waals surface area contributed by atoms with Crippen molar-refractivity contribution in [3.8, 4) is 0 Å². The highest BCUT2D eigenvalue weighted by Gasteiger charge is 1.79. The average molecular weight is 202 g/mol. The predicted octanol–water partition coefficient (Wildman–Crippen LogP) is 2.33. The molecule has 0 fully saturated rings. The van der Waals surface area contributed by atoms with Crippen LogP contribution >= 0.6 is 24.5 Å². The maximum atomic E-state index is 4.61. The molecule has 0 aromatic rings. The van der Waals surface area contributed by atoms with E-state index >= 15 is 0 Å². The number of hydrogen-bond acceptors (Lipinski definition) is 6. The van der Waals surface area contributed by atoms with Crippen molar-refractivity contribution in [2.45, 2.75) is 0 Å². The molecule has 0 aliphatic carbocycles. The lowest BCUT2D eigenvalue weighted by Gasteiger charge is -1.90. The van der Waals surface area contributed by atoms with Gasteiger partial charge in [0, 0.05) is 12.4 Å². The number of hydrogen-bond donors (Lipinski definition) is 0. The van der Waals surface area contributed by atoms with Crippen LogP contribution in [0.3, 0.4) is 0 Å². The topological polar surface area (TPSA) is 43.2 Å². The van der Waals surface area contributed by atoms with Crippen LogP contribution in [0.15, 0.2) is 33.5 Å². The van der Waals surface area contributed by atoms with Crippen LogP contribution in [0, 0.1) is 0 Å². The van der Waals surface area contributed by atoms with E-state index < -0.39 is 0 Å². The van der Waals surface area contributed by atoms with Crippen LogP contribution in [0.25, 0.3) is 0 Å². The summed E-state index contributed by atoms with van der Waals surface area (Å²) in [7, 11) is 0. The second-order valence-electron chi connectivity index (χ2n) is 1.51. The molecule has 12 heavy (non-hydrogen) atoms. The van der Waals surface area contributed by atoms with Gasteiger partial charge in [-0.25, -0.2) is 0 Å². The van der Waals surface area contributed by atoms with Crippen molar-refractivity contribution in [1.29, 1.82) is 0 Å². The third-order valence-corrected chi connectivity index (χ3v) is 1.54. The molecule has 0 amide bonds. The molecule has 2 rings (SSSR count). The minimum Gasteiger partial charge on any atom is -0.412 e. The zero-order chi connectivity index (χ0) is 8.49.